The average molecular weight is 606 g/mol. The molecule has 0 aliphatic carbocycles. The largest absolute Gasteiger partial charge is 0.465 e. The first-order valence-electron chi connectivity index (χ1n) is 13.5. The zero-order valence-electron chi connectivity index (χ0n) is 24.7. The van der Waals surface area contributed by atoms with E-state index in [1.807, 2.05) is 30.3 Å². The number of fused-ring (bicyclic) bond motifs is 1. The standard InChI is InChI=1S/C31H35N5O6S/c1-34(2)17-18-43(40,41)36(20-27(37)35(3)4)24-14-12-23(13-15-24)32-29(21-9-7-6-8-10-21)28-25-16-11-22(31(39)42-5)19-26(25)33-30(28)38/h6-16,19,32H,17-18,20H2,1-5H3,(H,33,38)/b29-28-. The van der Waals surface area contributed by atoms with Gasteiger partial charge in [-0.1, -0.05) is 36.4 Å². The average Bonchev–Trinajstić information content (AvgIpc) is 3.32. The van der Waals surface area contributed by atoms with Crippen molar-refractivity contribution in [2.75, 3.05) is 69.1 Å². The van der Waals surface area contributed by atoms with E-state index in [4.69, 9.17) is 4.74 Å². The molecule has 0 saturated carbocycles. The van der Waals surface area contributed by atoms with Gasteiger partial charge in [-0.25, -0.2) is 13.2 Å². The molecule has 12 heteroatoms. The van der Waals surface area contributed by atoms with E-state index in [2.05, 4.69) is 10.6 Å². The van der Waals surface area contributed by atoms with Crippen LogP contribution in [0, 0.1) is 0 Å². The highest BCUT2D eigenvalue weighted by Crippen LogP contribution is 2.38. The Morgan fingerprint density at radius 3 is 2.19 bits per heavy atom. The molecule has 3 aromatic rings. The molecule has 1 aliphatic rings. The van der Waals surface area contributed by atoms with Crippen LogP contribution < -0.4 is 14.9 Å². The Morgan fingerprint density at radius 2 is 1.58 bits per heavy atom. The summed E-state index contributed by atoms with van der Waals surface area (Å²) < 4.78 is 32.5. The van der Waals surface area contributed by atoms with Gasteiger partial charge in [0.05, 0.1) is 41.1 Å². The quantitative estimate of drug-likeness (QED) is 0.252. The van der Waals surface area contributed by atoms with Crippen LogP contribution in [0.1, 0.15) is 21.5 Å². The van der Waals surface area contributed by atoms with Crippen LogP contribution >= 0.6 is 0 Å². The van der Waals surface area contributed by atoms with Gasteiger partial charge in [0.2, 0.25) is 15.9 Å². The number of carbonyl (C=O) groups excluding carboxylic acids is 3. The number of esters is 1. The zero-order chi connectivity index (χ0) is 31.3. The lowest BCUT2D eigenvalue weighted by molar-refractivity contribution is -0.127. The number of rotatable bonds is 11. The third kappa shape index (κ3) is 7.22. The van der Waals surface area contributed by atoms with Crippen molar-refractivity contribution in [1.29, 1.82) is 0 Å². The molecule has 2 N–H and O–H groups in total. The van der Waals surface area contributed by atoms with Crippen LogP contribution in [0.25, 0.3) is 11.3 Å². The van der Waals surface area contributed by atoms with Crippen molar-refractivity contribution >= 4 is 56.1 Å². The minimum atomic E-state index is -3.81. The fourth-order valence-electron chi connectivity index (χ4n) is 4.43. The number of nitrogens with zero attached hydrogens (tertiary/aromatic N) is 3. The monoisotopic (exact) mass is 605 g/mol. The number of nitrogens with one attached hydrogen (secondary N) is 2. The Hall–Kier alpha value is -4.68. The SMILES string of the molecule is COC(=O)c1ccc2c(c1)NC(=O)/C2=C(\Nc1ccc(N(CC(=O)N(C)C)S(=O)(=O)CCN(C)C)cc1)c1ccccc1. The summed E-state index contributed by atoms with van der Waals surface area (Å²) in [7, 11) is 4.19. The van der Waals surface area contributed by atoms with Crippen LogP contribution in [0.15, 0.2) is 72.8 Å². The number of carbonyl (C=O) groups is 3. The van der Waals surface area contributed by atoms with Gasteiger partial charge in [0, 0.05) is 31.9 Å². The summed E-state index contributed by atoms with van der Waals surface area (Å²) in [6.45, 7) is -0.0351. The third-order valence-electron chi connectivity index (χ3n) is 6.83. The smallest absolute Gasteiger partial charge is 0.337 e. The summed E-state index contributed by atoms with van der Waals surface area (Å²) in [5, 5.41) is 6.17. The molecule has 2 amide bonds. The molecule has 11 nitrogen and oxygen atoms in total. The van der Waals surface area contributed by atoms with Crippen LogP contribution in [-0.4, -0.2) is 90.1 Å². The molecular weight excluding hydrogens is 570 g/mol. The number of methoxy groups -OCH3 is 1. The lowest BCUT2D eigenvalue weighted by Gasteiger charge is -2.26. The van der Waals surface area contributed by atoms with Crippen molar-refractivity contribution in [3.63, 3.8) is 0 Å². The summed E-state index contributed by atoms with van der Waals surface area (Å²) in [6.07, 6.45) is 0. The Kier molecular flexibility index (Phi) is 9.52. The second kappa shape index (κ2) is 13.1. The molecular formula is C31H35N5O6S. The van der Waals surface area contributed by atoms with E-state index in [-0.39, 0.29) is 24.1 Å². The van der Waals surface area contributed by atoms with Crippen molar-refractivity contribution in [3.8, 4) is 0 Å². The molecule has 0 bridgehead atoms. The predicted octanol–water partition coefficient (Wildman–Crippen LogP) is 3.19. The Labute approximate surface area is 251 Å². The summed E-state index contributed by atoms with van der Waals surface area (Å²) in [4.78, 5) is 41.0. The summed E-state index contributed by atoms with van der Waals surface area (Å²) in [5.74, 6) is -1.37. The number of anilines is 3. The van der Waals surface area contributed by atoms with Crippen molar-refractivity contribution in [3.05, 3.63) is 89.5 Å². The van der Waals surface area contributed by atoms with E-state index in [1.165, 1.54) is 12.0 Å². The second-order valence-electron chi connectivity index (χ2n) is 10.4. The minimum absolute atomic E-state index is 0.156. The van der Waals surface area contributed by atoms with Gasteiger partial charge in [-0.15, -0.1) is 0 Å². The van der Waals surface area contributed by atoms with E-state index < -0.39 is 16.0 Å². The van der Waals surface area contributed by atoms with E-state index in [1.54, 1.807) is 75.6 Å². The van der Waals surface area contributed by atoms with Gasteiger partial charge in [0.15, 0.2) is 0 Å². The van der Waals surface area contributed by atoms with Crippen LogP contribution in [0.3, 0.4) is 0 Å². The van der Waals surface area contributed by atoms with E-state index in [0.717, 1.165) is 9.87 Å². The maximum Gasteiger partial charge on any atom is 0.337 e. The zero-order valence-corrected chi connectivity index (χ0v) is 25.6. The molecule has 3 aromatic carbocycles. The van der Waals surface area contributed by atoms with Gasteiger partial charge in [0.1, 0.15) is 6.54 Å². The van der Waals surface area contributed by atoms with Gasteiger partial charge in [-0.3, -0.25) is 13.9 Å². The summed E-state index contributed by atoms with van der Waals surface area (Å²) >= 11 is 0. The molecule has 43 heavy (non-hydrogen) atoms. The van der Waals surface area contributed by atoms with Crippen LogP contribution in [0.2, 0.25) is 0 Å². The van der Waals surface area contributed by atoms with Crippen LogP contribution in [0.4, 0.5) is 17.1 Å². The number of likely N-dealkylation sites (N-methyl/N-ethyl adjacent to an activating group) is 1. The van der Waals surface area contributed by atoms with Crippen molar-refractivity contribution in [2.45, 2.75) is 0 Å². The molecule has 0 atom stereocenters. The molecule has 0 unspecified atom stereocenters. The van der Waals surface area contributed by atoms with Crippen molar-refractivity contribution in [2.24, 2.45) is 0 Å². The number of sulfonamides is 1. The first-order valence-corrected chi connectivity index (χ1v) is 15.1. The lowest BCUT2D eigenvalue weighted by Crippen LogP contribution is -2.42. The predicted molar refractivity (Wildman–Crippen MR) is 168 cm³/mol. The fourth-order valence-corrected chi connectivity index (χ4v) is 5.99. The topological polar surface area (TPSA) is 128 Å². The number of benzene rings is 3. The maximum absolute atomic E-state index is 13.3. The Balaban J connectivity index is 1.73. The molecule has 4 rings (SSSR count). The van der Waals surface area contributed by atoms with Gasteiger partial charge in [0.25, 0.3) is 5.91 Å². The maximum atomic E-state index is 13.3. The highest BCUT2D eigenvalue weighted by Gasteiger charge is 2.30. The number of ether oxygens (including phenoxy) is 1. The molecule has 0 radical (unpaired) electrons. The lowest BCUT2D eigenvalue weighted by atomic mass is 9.99. The molecule has 226 valence electrons. The summed E-state index contributed by atoms with van der Waals surface area (Å²) in [6, 6.07) is 20.8. The molecule has 0 saturated heterocycles. The van der Waals surface area contributed by atoms with E-state index in [9.17, 15) is 22.8 Å². The third-order valence-corrected chi connectivity index (χ3v) is 8.54. The first kappa shape index (κ1) is 31.3. The molecule has 0 aromatic heterocycles. The van der Waals surface area contributed by atoms with Crippen molar-refractivity contribution < 1.29 is 27.5 Å². The molecule has 1 heterocycles. The van der Waals surface area contributed by atoms with Gasteiger partial charge < -0.3 is 25.2 Å². The minimum Gasteiger partial charge on any atom is -0.465 e. The summed E-state index contributed by atoms with van der Waals surface area (Å²) in [5.41, 5.74) is 3.98. The van der Waals surface area contributed by atoms with Gasteiger partial charge >= 0.3 is 5.97 Å². The van der Waals surface area contributed by atoms with Gasteiger partial charge in [-0.05, 0) is 56.1 Å². The highest BCUT2D eigenvalue weighted by atomic mass is 32.2. The number of hydrogen-bond donors (Lipinski definition) is 2. The second-order valence-corrected chi connectivity index (χ2v) is 12.4. The van der Waals surface area contributed by atoms with Crippen LogP contribution in [-0.2, 0) is 24.3 Å². The number of amides is 2. The first-order chi connectivity index (χ1) is 20.4. The Bertz CT molecular complexity index is 1650. The van der Waals surface area contributed by atoms with Crippen LogP contribution in [0.5, 0.6) is 0 Å². The normalized spacial score (nSPS) is 13.7. The Morgan fingerprint density at radius 1 is 0.907 bits per heavy atom. The number of hydrogen-bond acceptors (Lipinski definition) is 8. The van der Waals surface area contributed by atoms with E-state index in [0.29, 0.717) is 46.0 Å². The fraction of sp³-hybridized carbons (Fsp3) is 0.258. The molecule has 1 aliphatic heterocycles. The molecule has 0 fully saturated rings. The van der Waals surface area contributed by atoms with Crippen molar-refractivity contribution in [1.82, 2.24) is 9.80 Å². The van der Waals surface area contributed by atoms with Gasteiger partial charge in [-0.2, -0.15) is 0 Å². The van der Waals surface area contributed by atoms with E-state index >= 15 is 0 Å². The highest BCUT2D eigenvalue weighted by molar-refractivity contribution is 7.92. The molecule has 0 spiro atoms.